The van der Waals surface area contributed by atoms with E-state index in [0.29, 0.717) is 10.8 Å². The number of pyridine rings is 1. The number of hydrogen-bond donors (Lipinski definition) is 1. The number of halogens is 1. The van der Waals surface area contributed by atoms with Gasteiger partial charge >= 0.3 is 0 Å². The average molecular weight is 224 g/mol. The molecule has 2 rings (SSSR count). The standard InChI is InChI=1S/C10H10ClN3O/c1-7-9(11)5-14(13-7)10-8(6-15)3-2-4-12-10/h2-5,15H,6H2,1H3. The van der Waals surface area contributed by atoms with E-state index in [4.69, 9.17) is 16.7 Å². The van der Waals surface area contributed by atoms with Crippen LogP contribution in [0.2, 0.25) is 5.02 Å². The smallest absolute Gasteiger partial charge is 0.158 e. The van der Waals surface area contributed by atoms with Crippen molar-refractivity contribution in [1.82, 2.24) is 14.8 Å². The van der Waals surface area contributed by atoms with Crippen molar-refractivity contribution < 1.29 is 5.11 Å². The van der Waals surface area contributed by atoms with Crippen LogP contribution in [0.15, 0.2) is 24.5 Å². The highest BCUT2D eigenvalue weighted by molar-refractivity contribution is 6.31. The predicted octanol–water partition coefficient (Wildman–Crippen LogP) is 1.72. The molecule has 0 radical (unpaired) electrons. The van der Waals surface area contributed by atoms with Crippen LogP contribution in [0.1, 0.15) is 11.3 Å². The van der Waals surface area contributed by atoms with Gasteiger partial charge in [-0.15, -0.1) is 0 Å². The Labute approximate surface area is 92.1 Å². The van der Waals surface area contributed by atoms with Crippen LogP contribution in [0, 0.1) is 6.92 Å². The molecule has 1 N–H and O–H groups in total. The first-order chi connectivity index (χ1) is 7.22. The van der Waals surface area contributed by atoms with Gasteiger partial charge in [-0.1, -0.05) is 17.7 Å². The van der Waals surface area contributed by atoms with Crippen molar-refractivity contribution >= 4 is 11.6 Å². The third-order valence-electron chi connectivity index (χ3n) is 2.09. The largest absolute Gasteiger partial charge is 0.392 e. The van der Waals surface area contributed by atoms with Crippen LogP contribution in [0.4, 0.5) is 0 Å². The second-order valence-electron chi connectivity index (χ2n) is 3.15. The minimum Gasteiger partial charge on any atom is -0.392 e. The monoisotopic (exact) mass is 223 g/mol. The molecule has 2 heterocycles. The Hall–Kier alpha value is -1.39. The summed E-state index contributed by atoms with van der Waals surface area (Å²) in [6.45, 7) is 1.75. The Morgan fingerprint density at radius 2 is 2.33 bits per heavy atom. The van der Waals surface area contributed by atoms with E-state index in [-0.39, 0.29) is 6.61 Å². The summed E-state index contributed by atoms with van der Waals surface area (Å²) in [5.41, 5.74) is 1.46. The molecule has 4 nitrogen and oxygen atoms in total. The van der Waals surface area contributed by atoms with Gasteiger partial charge in [0.2, 0.25) is 0 Å². The number of aliphatic hydroxyl groups is 1. The fraction of sp³-hybridized carbons (Fsp3) is 0.200. The van der Waals surface area contributed by atoms with Crippen molar-refractivity contribution in [3.63, 3.8) is 0 Å². The van der Waals surface area contributed by atoms with E-state index in [1.807, 2.05) is 6.92 Å². The van der Waals surface area contributed by atoms with Gasteiger partial charge in [-0.2, -0.15) is 5.10 Å². The molecule has 78 valence electrons. The number of aromatic nitrogens is 3. The highest BCUT2D eigenvalue weighted by Gasteiger charge is 2.08. The van der Waals surface area contributed by atoms with Crippen LogP contribution < -0.4 is 0 Å². The van der Waals surface area contributed by atoms with Crippen LogP contribution in [0.5, 0.6) is 0 Å². The second-order valence-corrected chi connectivity index (χ2v) is 3.56. The zero-order valence-corrected chi connectivity index (χ0v) is 8.94. The van der Waals surface area contributed by atoms with Crippen LogP contribution >= 0.6 is 11.6 Å². The number of aliphatic hydroxyl groups excluding tert-OH is 1. The minimum absolute atomic E-state index is 0.0697. The molecule has 0 aromatic carbocycles. The predicted molar refractivity (Wildman–Crippen MR) is 57.0 cm³/mol. The lowest BCUT2D eigenvalue weighted by atomic mass is 10.3. The van der Waals surface area contributed by atoms with E-state index >= 15 is 0 Å². The quantitative estimate of drug-likeness (QED) is 0.844. The first-order valence-electron chi connectivity index (χ1n) is 4.49. The normalized spacial score (nSPS) is 10.6. The molecular formula is C10H10ClN3O. The van der Waals surface area contributed by atoms with Crippen LogP contribution in [-0.4, -0.2) is 19.9 Å². The summed E-state index contributed by atoms with van der Waals surface area (Å²) in [7, 11) is 0. The van der Waals surface area contributed by atoms with Gasteiger partial charge in [-0.05, 0) is 13.0 Å². The molecule has 2 aromatic rings. The molecule has 0 aliphatic rings. The Kier molecular flexibility index (Phi) is 2.70. The molecule has 0 bridgehead atoms. The summed E-state index contributed by atoms with van der Waals surface area (Å²) in [4.78, 5) is 4.16. The van der Waals surface area contributed by atoms with E-state index in [9.17, 15) is 0 Å². The van der Waals surface area contributed by atoms with Crippen molar-refractivity contribution in [3.05, 3.63) is 40.8 Å². The van der Waals surface area contributed by atoms with E-state index in [1.54, 1.807) is 29.2 Å². The molecule has 0 spiro atoms. The molecule has 0 saturated carbocycles. The van der Waals surface area contributed by atoms with Crippen molar-refractivity contribution in [2.24, 2.45) is 0 Å². The third-order valence-corrected chi connectivity index (χ3v) is 2.46. The Bertz CT molecular complexity index is 462. The van der Waals surface area contributed by atoms with Gasteiger partial charge in [-0.3, -0.25) is 0 Å². The molecular weight excluding hydrogens is 214 g/mol. The molecule has 0 fully saturated rings. The van der Waals surface area contributed by atoms with Crippen molar-refractivity contribution in [3.8, 4) is 5.82 Å². The zero-order chi connectivity index (χ0) is 10.8. The van der Waals surface area contributed by atoms with Crippen molar-refractivity contribution in [1.29, 1.82) is 0 Å². The summed E-state index contributed by atoms with van der Waals surface area (Å²) in [6, 6.07) is 3.57. The summed E-state index contributed by atoms with van der Waals surface area (Å²) >= 11 is 5.90. The van der Waals surface area contributed by atoms with Gasteiger partial charge in [0.05, 0.1) is 23.5 Å². The molecule has 0 amide bonds. The van der Waals surface area contributed by atoms with E-state index in [1.165, 1.54) is 0 Å². The number of hydrogen-bond acceptors (Lipinski definition) is 3. The Morgan fingerprint density at radius 1 is 1.53 bits per heavy atom. The maximum atomic E-state index is 9.14. The first-order valence-corrected chi connectivity index (χ1v) is 4.87. The Balaban J connectivity index is 2.53. The third kappa shape index (κ3) is 1.86. The molecule has 0 unspecified atom stereocenters. The van der Waals surface area contributed by atoms with Gasteiger partial charge in [-0.25, -0.2) is 9.67 Å². The maximum Gasteiger partial charge on any atom is 0.158 e. The molecule has 0 saturated heterocycles. The molecule has 5 heteroatoms. The van der Waals surface area contributed by atoms with Gasteiger partial charge < -0.3 is 5.11 Å². The van der Waals surface area contributed by atoms with Crippen LogP contribution in [0.25, 0.3) is 5.82 Å². The molecule has 2 aromatic heterocycles. The van der Waals surface area contributed by atoms with Gasteiger partial charge in [0.1, 0.15) is 0 Å². The van der Waals surface area contributed by atoms with E-state index in [2.05, 4.69) is 10.1 Å². The molecule has 0 atom stereocenters. The number of nitrogens with zero attached hydrogens (tertiary/aromatic N) is 3. The lowest BCUT2D eigenvalue weighted by molar-refractivity contribution is 0.281. The first kappa shape index (κ1) is 10.1. The van der Waals surface area contributed by atoms with E-state index in [0.717, 1.165) is 11.3 Å². The highest BCUT2D eigenvalue weighted by Crippen LogP contribution is 2.17. The summed E-state index contributed by atoms with van der Waals surface area (Å²) in [5.74, 6) is 0.606. The number of rotatable bonds is 2. The second kappa shape index (κ2) is 4.00. The van der Waals surface area contributed by atoms with Crippen molar-refractivity contribution in [2.45, 2.75) is 13.5 Å². The summed E-state index contributed by atoms with van der Waals surface area (Å²) < 4.78 is 1.57. The highest BCUT2D eigenvalue weighted by atomic mass is 35.5. The van der Waals surface area contributed by atoms with Gasteiger partial charge in [0.25, 0.3) is 0 Å². The summed E-state index contributed by atoms with van der Waals surface area (Å²) in [5, 5.41) is 13.9. The topological polar surface area (TPSA) is 50.9 Å². The van der Waals surface area contributed by atoms with Crippen LogP contribution in [0.3, 0.4) is 0 Å². The Morgan fingerprint density at radius 3 is 2.93 bits per heavy atom. The van der Waals surface area contributed by atoms with E-state index < -0.39 is 0 Å². The van der Waals surface area contributed by atoms with Crippen LogP contribution in [-0.2, 0) is 6.61 Å². The van der Waals surface area contributed by atoms with Gasteiger partial charge in [0.15, 0.2) is 5.82 Å². The minimum atomic E-state index is -0.0697. The average Bonchev–Trinajstić information content (AvgIpc) is 2.59. The zero-order valence-electron chi connectivity index (χ0n) is 8.18. The number of aryl methyl sites for hydroxylation is 1. The SMILES string of the molecule is Cc1nn(-c2ncccc2CO)cc1Cl. The lowest BCUT2D eigenvalue weighted by Crippen LogP contribution is -2.03. The van der Waals surface area contributed by atoms with Crippen molar-refractivity contribution in [2.75, 3.05) is 0 Å². The fourth-order valence-corrected chi connectivity index (χ4v) is 1.44. The molecule has 0 aliphatic carbocycles. The lowest BCUT2D eigenvalue weighted by Gasteiger charge is -2.04. The summed E-state index contributed by atoms with van der Waals surface area (Å²) in [6.07, 6.45) is 3.33. The molecule has 0 aliphatic heterocycles. The van der Waals surface area contributed by atoms with Gasteiger partial charge in [0, 0.05) is 11.8 Å². The maximum absolute atomic E-state index is 9.14. The molecule has 15 heavy (non-hydrogen) atoms. The fourth-order valence-electron chi connectivity index (χ4n) is 1.31.